The standard InChI is InChI=1S/C14H12Cl2N2OS/c1-19-8-2-4-10(14(17)18)13(6-8)20-9-3-5-11(15)12(16)7-9/h2-7H,1H3,(H3,17,18). The number of amidine groups is 1. The molecule has 0 unspecified atom stereocenters. The lowest BCUT2D eigenvalue weighted by atomic mass is 10.2. The van der Waals surface area contributed by atoms with Crippen molar-refractivity contribution in [3.05, 3.63) is 52.0 Å². The molecular formula is C14H12Cl2N2OS. The highest BCUT2D eigenvalue weighted by molar-refractivity contribution is 7.99. The Kier molecular flexibility index (Phi) is 4.81. The fourth-order valence-corrected chi connectivity index (χ4v) is 3.00. The number of nitrogen functional groups attached to an aromatic ring is 1. The van der Waals surface area contributed by atoms with Gasteiger partial charge >= 0.3 is 0 Å². The van der Waals surface area contributed by atoms with Crippen LogP contribution in [0.5, 0.6) is 5.75 Å². The van der Waals surface area contributed by atoms with Crippen LogP contribution in [0, 0.1) is 5.41 Å². The van der Waals surface area contributed by atoms with Gasteiger partial charge in [0.15, 0.2) is 0 Å². The zero-order valence-electron chi connectivity index (χ0n) is 10.6. The summed E-state index contributed by atoms with van der Waals surface area (Å²) in [5, 5.41) is 8.62. The molecule has 0 bridgehead atoms. The Labute approximate surface area is 131 Å². The monoisotopic (exact) mass is 326 g/mol. The predicted molar refractivity (Wildman–Crippen MR) is 84.6 cm³/mol. The van der Waals surface area contributed by atoms with E-state index in [2.05, 4.69) is 0 Å². The van der Waals surface area contributed by atoms with Gasteiger partial charge in [-0.25, -0.2) is 0 Å². The van der Waals surface area contributed by atoms with Crippen molar-refractivity contribution in [1.82, 2.24) is 0 Å². The van der Waals surface area contributed by atoms with Crippen LogP contribution in [0.25, 0.3) is 0 Å². The van der Waals surface area contributed by atoms with Crippen LogP contribution in [-0.4, -0.2) is 12.9 Å². The van der Waals surface area contributed by atoms with Crippen molar-refractivity contribution in [1.29, 1.82) is 5.41 Å². The molecule has 0 saturated heterocycles. The lowest BCUT2D eigenvalue weighted by Gasteiger charge is -2.10. The summed E-state index contributed by atoms with van der Waals surface area (Å²) in [5.41, 5.74) is 6.25. The lowest BCUT2D eigenvalue weighted by molar-refractivity contribution is 0.413. The molecule has 0 atom stereocenters. The van der Waals surface area contributed by atoms with E-state index in [-0.39, 0.29) is 5.84 Å². The summed E-state index contributed by atoms with van der Waals surface area (Å²) >= 11 is 13.4. The second kappa shape index (κ2) is 6.39. The molecule has 2 aromatic carbocycles. The van der Waals surface area contributed by atoms with Gasteiger partial charge in [0, 0.05) is 15.4 Å². The van der Waals surface area contributed by atoms with Gasteiger partial charge in [-0.05, 0) is 36.4 Å². The van der Waals surface area contributed by atoms with E-state index in [9.17, 15) is 0 Å². The topological polar surface area (TPSA) is 59.1 Å². The molecule has 3 N–H and O–H groups in total. The summed E-state index contributed by atoms with van der Waals surface area (Å²) in [6.45, 7) is 0. The maximum atomic E-state index is 7.62. The highest BCUT2D eigenvalue weighted by Gasteiger charge is 2.10. The highest BCUT2D eigenvalue weighted by Crippen LogP contribution is 2.35. The Balaban J connectivity index is 2.40. The smallest absolute Gasteiger partial charge is 0.123 e. The zero-order valence-corrected chi connectivity index (χ0v) is 12.9. The van der Waals surface area contributed by atoms with Gasteiger partial charge in [0.1, 0.15) is 11.6 Å². The third-order valence-corrected chi connectivity index (χ3v) is 4.38. The first kappa shape index (κ1) is 15.0. The molecule has 6 heteroatoms. The highest BCUT2D eigenvalue weighted by atomic mass is 35.5. The maximum Gasteiger partial charge on any atom is 0.123 e. The van der Waals surface area contributed by atoms with Gasteiger partial charge in [-0.15, -0.1) is 0 Å². The van der Waals surface area contributed by atoms with Crippen molar-refractivity contribution < 1.29 is 4.74 Å². The summed E-state index contributed by atoms with van der Waals surface area (Å²) in [4.78, 5) is 1.74. The van der Waals surface area contributed by atoms with Gasteiger partial charge in [0.25, 0.3) is 0 Å². The Morgan fingerprint density at radius 1 is 1.15 bits per heavy atom. The molecular weight excluding hydrogens is 315 g/mol. The zero-order chi connectivity index (χ0) is 14.7. The van der Waals surface area contributed by atoms with Gasteiger partial charge in [-0.1, -0.05) is 35.0 Å². The second-order valence-electron chi connectivity index (χ2n) is 3.95. The normalized spacial score (nSPS) is 10.3. The van der Waals surface area contributed by atoms with Crippen molar-refractivity contribution in [3.63, 3.8) is 0 Å². The molecule has 0 radical (unpaired) electrons. The molecule has 0 aromatic heterocycles. The molecule has 0 heterocycles. The molecule has 104 valence electrons. The first-order chi connectivity index (χ1) is 9.51. The second-order valence-corrected chi connectivity index (χ2v) is 5.88. The molecule has 3 nitrogen and oxygen atoms in total. The molecule has 0 aliphatic heterocycles. The van der Waals surface area contributed by atoms with Crippen LogP contribution in [0.1, 0.15) is 5.56 Å². The van der Waals surface area contributed by atoms with Crippen LogP contribution in [-0.2, 0) is 0 Å². The van der Waals surface area contributed by atoms with Crippen LogP contribution < -0.4 is 10.5 Å². The van der Waals surface area contributed by atoms with E-state index in [1.54, 1.807) is 31.4 Å². The average molecular weight is 327 g/mol. The number of hydrogen-bond acceptors (Lipinski definition) is 3. The van der Waals surface area contributed by atoms with E-state index >= 15 is 0 Å². The van der Waals surface area contributed by atoms with E-state index in [0.717, 1.165) is 9.79 Å². The van der Waals surface area contributed by atoms with Crippen LogP contribution in [0.3, 0.4) is 0 Å². The number of methoxy groups -OCH3 is 1. The Hall–Kier alpha value is -1.36. The molecule has 2 rings (SSSR count). The number of benzene rings is 2. The molecule has 0 aliphatic rings. The van der Waals surface area contributed by atoms with Gasteiger partial charge in [-0.3, -0.25) is 5.41 Å². The van der Waals surface area contributed by atoms with E-state index < -0.39 is 0 Å². The first-order valence-electron chi connectivity index (χ1n) is 5.66. The third kappa shape index (κ3) is 3.39. The fraction of sp³-hybridized carbons (Fsp3) is 0.0714. The quantitative estimate of drug-likeness (QED) is 0.645. The molecule has 0 saturated carbocycles. The van der Waals surface area contributed by atoms with Gasteiger partial charge < -0.3 is 10.5 Å². The minimum absolute atomic E-state index is 0.00946. The molecule has 0 amide bonds. The number of hydrogen-bond donors (Lipinski definition) is 2. The largest absolute Gasteiger partial charge is 0.497 e. The van der Waals surface area contributed by atoms with E-state index in [0.29, 0.717) is 21.4 Å². The van der Waals surface area contributed by atoms with Crippen molar-refractivity contribution in [3.8, 4) is 5.75 Å². The minimum Gasteiger partial charge on any atom is -0.497 e. The SMILES string of the molecule is COc1ccc(C(=N)N)c(Sc2ccc(Cl)c(Cl)c2)c1. The summed E-state index contributed by atoms with van der Waals surface area (Å²) in [7, 11) is 1.59. The van der Waals surface area contributed by atoms with Crippen LogP contribution in [0.15, 0.2) is 46.2 Å². The van der Waals surface area contributed by atoms with Gasteiger partial charge in [-0.2, -0.15) is 0 Å². The number of halogens is 2. The predicted octanol–water partition coefficient (Wildman–Crippen LogP) is 4.44. The van der Waals surface area contributed by atoms with Crippen molar-refractivity contribution in [2.45, 2.75) is 9.79 Å². The van der Waals surface area contributed by atoms with Crippen molar-refractivity contribution in [2.24, 2.45) is 5.73 Å². The Morgan fingerprint density at radius 2 is 1.90 bits per heavy atom. The Morgan fingerprint density at radius 3 is 2.50 bits per heavy atom. The van der Waals surface area contributed by atoms with Crippen LogP contribution in [0.2, 0.25) is 10.0 Å². The van der Waals surface area contributed by atoms with Crippen LogP contribution in [0.4, 0.5) is 0 Å². The fourth-order valence-electron chi connectivity index (χ4n) is 1.60. The average Bonchev–Trinajstić information content (AvgIpc) is 2.42. The molecule has 0 aliphatic carbocycles. The molecule has 0 spiro atoms. The number of rotatable bonds is 4. The summed E-state index contributed by atoms with van der Waals surface area (Å²) < 4.78 is 5.20. The third-order valence-electron chi connectivity index (χ3n) is 2.60. The lowest BCUT2D eigenvalue weighted by Crippen LogP contribution is -2.12. The number of nitrogens with two attached hydrogens (primary N) is 1. The van der Waals surface area contributed by atoms with Gasteiger partial charge in [0.2, 0.25) is 0 Å². The molecule has 0 fully saturated rings. The summed E-state index contributed by atoms with van der Waals surface area (Å²) in [5.74, 6) is 0.716. The molecule has 20 heavy (non-hydrogen) atoms. The van der Waals surface area contributed by atoms with Crippen molar-refractivity contribution >= 4 is 40.8 Å². The molecule has 2 aromatic rings. The van der Waals surface area contributed by atoms with E-state index in [1.807, 2.05) is 12.1 Å². The summed E-state index contributed by atoms with van der Waals surface area (Å²) in [6, 6.07) is 10.8. The van der Waals surface area contributed by atoms with Gasteiger partial charge in [0.05, 0.1) is 17.2 Å². The summed E-state index contributed by atoms with van der Waals surface area (Å²) in [6.07, 6.45) is 0. The number of ether oxygens (including phenoxy) is 1. The number of nitrogens with one attached hydrogen (secondary N) is 1. The Bertz CT molecular complexity index is 662. The van der Waals surface area contributed by atoms with Crippen LogP contribution >= 0.6 is 35.0 Å². The first-order valence-corrected chi connectivity index (χ1v) is 7.24. The van der Waals surface area contributed by atoms with E-state index in [1.165, 1.54) is 11.8 Å². The van der Waals surface area contributed by atoms with E-state index in [4.69, 9.17) is 39.1 Å². The minimum atomic E-state index is 0.00946. The van der Waals surface area contributed by atoms with Crippen molar-refractivity contribution in [2.75, 3.05) is 7.11 Å². The maximum absolute atomic E-state index is 7.62.